The Bertz CT molecular complexity index is 1250. The molecule has 0 heterocycles. The van der Waals surface area contributed by atoms with E-state index >= 15 is 0 Å². The second-order valence-corrected chi connectivity index (χ2v) is 19.6. The van der Waals surface area contributed by atoms with Crippen molar-refractivity contribution in [3.63, 3.8) is 0 Å². The molecular weight excluding hydrogens is 810 g/mol. The van der Waals surface area contributed by atoms with E-state index in [9.17, 15) is 19.0 Å². The van der Waals surface area contributed by atoms with Gasteiger partial charge in [-0.3, -0.25) is 18.6 Å². The quantitative estimate of drug-likeness (QED) is 0.0212. The highest BCUT2D eigenvalue weighted by Gasteiger charge is 2.27. The van der Waals surface area contributed by atoms with Gasteiger partial charge in [0.25, 0.3) is 0 Å². The molecule has 0 rings (SSSR count). The summed E-state index contributed by atoms with van der Waals surface area (Å²) in [5.74, 6) is -0.822. The predicted molar refractivity (Wildman–Crippen MR) is 266 cm³/mol. The van der Waals surface area contributed by atoms with Crippen LogP contribution in [-0.2, 0) is 32.7 Å². The summed E-state index contributed by atoms with van der Waals surface area (Å²) >= 11 is 0. The molecule has 0 aliphatic carbocycles. The highest BCUT2D eigenvalue weighted by Crippen LogP contribution is 2.43. The third-order valence-corrected chi connectivity index (χ3v) is 11.8. The summed E-state index contributed by atoms with van der Waals surface area (Å²) in [5, 5.41) is 0. The molecule has 366 valence electrons. The summed E-state index contributed by atoms with van der Waals surface area (Å²) in [4.78, 5) is 35.5. The lowest BCUT2D eigenvalue weighted by Gasteiger charge is -2.24. The standard InChI is InChI=1S/C53H96NO8P/c1-6-8-10-12-14-16-18-20-22-24-25-26-27-28-29-30-32-34-36-38-40-42-44-46-53(56)62-51(50-61-63(57,58)60-48-47-54(3,4)5)49-59-52(55)45-43-41-39-37-35-33-31-23-21-19-17-15-13-11-9-7-2/h17-20,23-25,27-28,31,51H,6-16,21-22,26,29-30,32-50H2,1-5H3/p+1/b19-17-,20-18-,25-24-,28-27-,31-23-. The zero-order chi connectivity index (χ0) is 46.4. The maximum atomic E-state index is 12.8. The van der Waals surface area contributed by atoms with Crippen molar-refractivity contribution in [3.8, 4) is 0 Å². The van der Waals surface area contributed by atoms with Gasteiger partial charge in [-0.05, 0) is 83.5 Å². The van der Waals surface area contributed by atoms with Gasteiger partial charge >= 0.3 is 19.8 Å². The maximum Gasteiger partial charge on any atom is 0.472 e. The first kappa shape index (κ1) is 60.7. The number of carbonyl (C=O) groups excluding carboxylic acids is 2. The number of esters is 2. The summed E-state index contributed by atoms with van der Waals surface area (Å²) in [6, 6.07) is 0. The van der Waals surface area contributed by atoms with Crippen LogP contribution in [0.4, 0.5) is 0 Å². The number of phosphoric ester groups is 1. The van der Waals surface area contributed by atoms with Crippen LogP contribution in [0.5, 0.6) is 0 Å². The van der Waals surface area contributed by atoms with Gasteiger partial charge in [-0.15, -0.1) is 0 Å². The predicted octanol–water partition coefficient (Wildman–Crippen LogP) is 15.2. The molecule has 0 aliphatic heterocycles. The number of hydrogen-bond acceptors (Lipinski definition) is 7. The summed E-state index contributed by atoms with van der Waals surface area (Å²) < 4.78 is 34.4. The van der Waals surface area contributed by atoms with Gasteiger partial charge in [-0.2, -0.15) is 0 Å². The first-order valence-electron chi connectivity index (χ1n) is 25.5. The van der Waals surface area contributed by atoms with Crippen LogP contribution in [0.15, 0.2) is 60.8 Å². The Hall–Kier alpha value is -2.29. The fourth-order valence-corrected chi connectivity index (χ4v) is 7.50. The number of rotatable bonds is 46. The van der Waals surface area contributed by atoms with Gasteiger partial charge in [0.15, 0.2) is 6.10 Å². The molecule has 0 radical (unpaired) electrons. The van der Waals surface area contributed by atoms with E-state index < -0.39 is 26.5 Å². The van der Waals surface area contributed by atoms with Crippen molar-refractivity contribution in [2.24, 2.45) is 0 Å². The first-order valence-corrected chi connectivity index (χ1v) is 27.0. The van der Waals surface area contributed by atoms with Crippen LogP contribution < -0.4 is 0 Å². The molecule has 2 unspecified atom stereocenters. The van der Waals surface area contributed by atoms with E-state index in [1.165, 1.54) is 96.3 Å². The van der Waals surface area contributed by atoms with Crippen molar-refractivity contribution in [3.05, 3.63) is 60.8 Å². The number of phosphoric acid groups is 1. The average Bonchev–Trinajstić information content (AvgIpc) is 3.24. The van der Waals surface area contributed by atoms with Gasteiger partial charge in [-0.25, -0.2) is 4.57 Å². The summed E-state index contributed by atoms with van der Waals surface area (Å²) in [6.07, 6.45) is 55.5. The monoisotopic (exact) mass is 907 g/mol. The molecule has 0 spiro atoms. The highest BCUT2D eigenvalue weighted by molar-refractivity contribution is 7.47. The van der Waals surface area contributed by atoms with E-state index in [0.717, 1.165) is 83.5 Å². The Morgan fingerprint density at radius 3 is 1.29 bits per heavy atom. The van der Waals surface area contributed by atoms with Crippen LogP contribution in [0.25, 0.3) is 0 Å². The minimum Gasteiger partial charge on any atom is -0.462 e. The van der Waals surface area contributed by atoms with Crippen LogP contribution in [-0.4, -0.2) is 74.9 Å². The second kappa shape index (κ2) is 44.9. The van der Waals surface area contributed by atoms with Crippen molar-refractivity contribution in [2.75, 3.05) is 47.5 Å². The van der Waals surface area contributed by atoms with E-state index in [0.29, 0.717) is 17.4 Å². The molecule has 0 fully saturated rings. The molecule has 0 aromatic carbocycles. The van der Waals surface area contributed by atoms with Crippen LogP contribution >= 0.6 is 7.82 Å². The molecule has 1 N–H and O–H groups in total. The molecule has 0 amide bonds. The topological polar surface area (TPSA) is 108 Å². The minimum absolute atomic E-state index is 0.0255. The van der Waals surface area contributed by atoms with Crippen molar-refractivity contribution in [1.29, 1.82) is 0 Å². The lowest BCUT2D eigenvalue weighted by Crippen LogP contribution is -2.37. The molecule has 10 heteroatoms. The molecule has 0 aromatic rings. The maximum absolute atomic E-state index is 12.8. The number of unbranched alkanes of at least 4 members (excludes halogenated alkanes) is 22. The van der Waals surface area contributed by atoms with Crippen LogP contribution in [0, 0.1) is 0 Å². The Balaban J connectivity index is 4.30. The minimum atomic E-state index is -4.39. The van der Waals surface area contributed by atoms with Gasteiger partial charge in [0.1, 0.15) is 19.8 Å². The van der Waals surface area contributed by atoms with Crippen LogP contribution in [0.2, 0.25) is 0 Å². The zero-order valence-electron chi connectivity index (χ0n) is 41.3. The fourth-order valence-electron chi connectivity index (χ4n) is 6.76. The van der Waals surface area contributed by atoms with Crippen molar-refractivity contribution >= 4 is 19.8 Å². The van der Waals surface area contributed by atoms with Gasteiger partial charge < -0.3 is 18.9 Å². The molecule has 63 heavy (non-hydrogen) atoms. The number of quaternary nitrogens is 1. The lowest BCUT2D eigenvalue weighted by molar-refractivity contribution is -0.870. The highest BCUT2D eigenvalue weighted by atomic mass is 31.2. The fraction of sp³-hybridized carbons (Fsp3) is 0.774. The molecule has 0 aliphatic rings. The molecule has 0 aromatic heterocycles. The van der Waals surface area contributed by atoms with E-state index in [1.807, 2.05) is 21.1 Å². The average molecular weight is 907 g/mol. The van der Waals surface area contributed by atoms with Crippen LogP contribution in [0.3, 0.4) is 0 Å². The molecule has 9 nitrogen and oxygen atoms in total. The van der Waals surface area contributed by atoms with E-state index in [-0.39, 0.29) is 32.0 Å². The van der Waals surface area contributed by atoms with Gasteiger partial charge in [0.05, 0.1) is 27.7 Å². The molecule has 2 atom stereocenters. The van der Waals surface area contributed by atoms with Gasteiger partial charge in [0.2, 0.25) is 0 Å². The Morgan fingerprint density at radius 1 is 0.492 bits per heavy atom. The van der Waals surface area contributed by atoms with E-state index in [4.69, 9.17) is 18.5 Å². The van der Waals surface area contributed by atoms with E-state index in [1.54, 1.807) is 0 Å². The molecule has 0 saturated carbocycles. The largest absolute Gasteiger partial charge is 0.472 e. The number of ether oxygens (including phenoxy) is 2. The third-order valence-electron chi connectivity index (χ3n) is 10.8. The molecular formula is C53H97NO8P+. The summed E-state index contributed by atoms with van der Waals surface area (Å²) in [7, 11) is 1.46. The zero-order valence-corrected chi connectivity index (χ0v) is 42.2. The normalized spacial score (nSPS) is 13.9. The smallest absolute Gasteiger partial charge is 0.462 e. The summed E-state index contributed by atoms with van der Waals surface area (Å²) in [5.41, 5.74) is 0. The summed E-state index contributed by atoms with van der Waals surface area (Å²) in [6.45, 7) is 4.38. The van der Waals surface area contributed by atoms with Crippen molar-refractivity contribution < 1.29 is 42.1 Å². The van der Waals surface area contributed by atoms with Gasteiger partial charge in [0, 0.05) is 12.8 Å². The first-order chi connectivity index (χ1) is 30.5. The Kier molecular flexibility index (Phi) is 43.3. The molecule has 0 bridgehead atoms. The molecule has 0 saturated heterocycles. The van der Waals surface area contributed by atoms with Gasteiger partial charge in [-0.1, -0.05) is 177 Å². The SMILES string of the molecule is CCCCCC/C=C\C/C=C\CCCCCCCC(=O)OCC(COP(=O)(O)OCC[N+](C)(C)C)OC(=O)CCCCCCCCCC/C=C\C/C=C\C/C=C\CCCCCCC. The number of hydrogen-bond donors (Lipinski definition) is 1. The number of allylic oxidation sites excluding steroid dienone is 10. The van der Waals surface area contributed by atoms with Crippen molar-refractivity contribution in [2.45, 2.75) is 219 Å². The number of likely N-dealkylation sites (N-methyl/N-ethyl adjacent to an activating group) is 1. The Labute approximate surface area is 387 Å². The lowest BCUT2D eigenvalue weighted by atomic mass is 10.1. The van der Waals surface area contributed by atoms with Crippen LogP contribution in [0.1, 0.15) is 213 Å². The van der Waals surface area contributed by atoms with Crippen molar-refractivity contribution in [1.82, 2.24) is 0 Å². The number of carbonyl (C=O) groups is 2. The van der Waals surface area contributed by atoms with E-state index in [2.05, 4.69) is 74.6 Å². The number of nitrogens with zero attached hydrogens (tertiary/aromatic N) is 1. The third kappa shape index (κ3) is 49.0. The second-order valence-electron chi connectivity index (χ2n) is 18.2. The Morgan fingerprint density at radius 2 is 0.857 bits per heavy atom.